The van der Waals surface area contributed by atoms with E-state index < -0.39 is 72.2 Å². The Labute approximate surface area is 321 Å². The fourth-order valence-electron chi connectivity index (χ4n) is 8.21. The molecule has 0 aromatic heterocycles. The van der Waals surface area contributed by atoms with Crippen LogP contribution in [0.2, 0.25) is 0 Å². The average molecular weight is 801 g/mol. The number of benzene rings is 3. The van der Waals surface area contributed by atoms with Crippen molar-refractivity contribution in [3.8, 4) is 5.75 Å². The van der Waals surface area contributed by atoms with Gasteiger partial charge in [-0.3, -0.25) is 19.2 Å². The van der Waals surface area contributed by atoms with Gasteiger partial charge in [-0.15, -0.1) is 0 Å². The van der Waals surface area contributed by atoms with Gasteiger partial charge in [0.15, 0.2) is 0 Å². The number of hydrogen-bond donors (Lipinski definition) is 2. The first-order chi connectivity index (χ1) is 26.2. The number of ether oxygens (including phenoxy) is 4. The van der Waals surface area contributed by atoms with Crippen LogP contribution in [0.25, 0.3) is 0 Å². The number of rotatable bonds is 8. The second kappa shape index (κ2) is 15.9. The number of carbonyl (C=O) groups excluding carboxylic acids is 4. The van der Waals surface area contributed by atoms with Gasteiger partial charge >= 0.3 is 5.97 Å². The van der Waals surface area contributed by atoms with Crippen LogP contribution < -0.4 is 15.0 Å². The highest BCUT2D eigenvalue weighted by Gasteiger charge is 2.75. The molecule has 3 aromatic rings. The minimum Gasteiger partial charge on any atom is -0.497 e. The van der Waals surface area contributed by atoms with E-state index in [1.807, 2.05) is 18.2 Å². The van der Waals surface area contributed by atoms with Crippen molar-refractivity contribution in [1.82, 2.24) is 10.2 Å². The van der Waals surface area contributed by atoms with Crippen molar-refractivity contribution in [2.45, 2.75) is 48.8 Å². The van der Waals surface area contributed by atoms with Gasteiger partial charge < -0.3 is 39.2 Å². The number of carbonyl (C=O) groups is 4. The van der Waals surface area contributed by atoms with Crippen LogP contribution in [0.15, 0.2) is 108 Å². The largest absolute Gasteiger partial charge is 0.497 e. The zero-order valence-corrected chi connectivity index (χ0v) is 31.5. The summed E-state index contributed by atoms with van der Waals surface area (Å²) >= 11 is 3.62. The Morgan fingerprint density at radius 1 is 0.926 bits per heavy atom. The summed E-state index contributed by atoms with van der Waals surface area (Å²) in [5.41, 5.74) is 0.146. The molecule has 0 radical (unpaired) electrons. The third-order valence-electron chi connectivity index (χ3n) is 10.6. The zero-order valence-electron chi connectivity index (χ0n) is 29.9. The van der Waals surface area contributed by atoms with Crippen LogP contribution in [-0.4, -0.2) is 91.5 Å². The lowest BCUT2D eigenvalue weighted by Gasteiger charge is -2.38. The Kier molecular flexibility index (Phi) is 11.0. The Morgan fingerprint density at radius 2 is 1.63 bits per heavy atom. The van der Waals surface area contributed by atoms with Crippen molar-refractivity contribution < 1.29 is 43.2 Å². The number of aliphatic hydroxyl groups excluding tert-OH is 1. The number of amides is 3. The van der Waals surface area contributed by atoms with E-state index in [0.717, 1.165) is 0 Å². The quantitative estimate of drug-likeness (QED) is 0.251. The predicted molar refractivity (Wildman–Crippen MR) is 201 cm³/mol. The number of allylic oxidation sites excluding steroid dienone is 1. The zero-order chi connectivity index (χ0) is 38.0. The second-order valence-corrected chi connectivity index (χ2v) is 14.7. The molecule has 7 rings (SSSR count). The number of nitrogens with one attached hydrogen (secondary N) is 1. The minimum absolute atomic E-state index is 0.0331. The molecule has 8 atom stereocenters. The van der Waals surface area contributed by atoms with Crippen LogP contribution in [0.5, 0.6) is 5.75 Å². The molecule has 1 spiro atoms. The SMILES string of the molecule is COC[C@@H]1NC(=O)CC/C=C\CN(c2ccc(OC)cc2)C(=O)[C@H]2N([C@H](CO)c3ccccc3)C(=O)[C@@H]3[C@@H](C(=O)O[C@H]1c1ccccc1)[C@@H]1O[C@@]32C=C1Br. The number of nitrogens with zero attached hydrogens (tertiary/aromatic N) is 2. The Morgan fingerprint density at radius 3 is 2.30 bits per heavy atom. The first-order valence-corrected chi connectivity index (χ1v) is 18.7. The highest BCUT2D eigenvalue weighted by atomic mass is 79.9. The average Bonchev–Trinajstić information content (AvgIpc) is 3.79. The van der Waals surface area contributed by atoms with Crippen molar-refractivity contribution in [2.75, 3.05) is 38.9 Å². The highest BCUT2D eigenvalue weighted by molar-refractivity contribution is 9.11. The van der Waals surface area contributed by atoms with Gasteiger partial charge in [0.1, 0.15) is 35.5 Å². The topological polar surface area (TPSA) is 144 Å². The standard InChI is InChI=1S/C41H42BrN3O9/c1-51-24-30-35(26-14-8-4-9-15-26)53-40(50)33-34-38(48)45(31(23-46)25-12-6-3-7-13-25)37(41(34)22-29(42)36(33)54-41)39(49)44(21-11-5-10-16-32(47)43-30)27-17-19-28(52-2)20-18-27/h3-9,11-15,17-20,22,30-31,33-37,46H,10,16,21,23-24H2,1-2H3,(H,43,47)/b11-5-/t30-,31+,33+,34-,35-,36+,37+,41-/m0/s1. The number of methoxy groups -OCH3 is 2. The van der Waals surface area contributed by atoms with E-state index in [4.69, 9.17) is 18.9 Å². The highest BCUT2D eigenvalue weighted by Crippen LogP contribution is 2.60. The molecule has 13 heteroatoms. The van der Waals surface area contributed by atoms with Gasteiger partial charge in [0.05, 0.1) is 38.3 Å². The molecule has 282 valence electrons. The van der Waals surface area contributed by atoms with Gasteiger partial charge in [-0.05, 0) is 47.9 Å². The smallest absolute Gasteiger partial charge is 0.313 e. The van der Waals surface area contributed by atoms with Crippen molar-refractivity contribution in [1.29, 1.82) is 0 Å². The maximum Gasteiger partial charge on any atom is 0.313 e. The van der Waals surface area contributed by atoms with Crippen molar-refractivity contribution in [3.05, 3.63) is 119 Å². The lowest BCUT2D eigenvalue weighted by atomic mass is 9.74. The third kappa shape index (κ3) is 6.74. The summed E-state index contributed by atoms with van der Waals surface area (Å²) in [7, 11) is 3.05. The molecule has 0 unspecified atom stereocenters. The first-order valence-electron chi connectivity index (χ1n) is 17.9. The van der Waals surface area contributed by atoms with E-state index in [1.165, 1.54) is 12.0 Å². The van der Waals surface area contributed by atoms with Crippen molar-refractivity contribution >= 4 is 45.3 Å². The van der Waals surface area contributed by atoms with Crippen LogP contribution >= 0.6 is 15.9 Å². The van der Waals surface area contributed by atoms with Gasteiger partial charge in [0.25, 0.3) is 5.91 Å². The summed E-state index contributed by atoms with van der Waals surface area (Å²) in [6.45, 7) is -0.378. The first kappa shape index (κ1) is 37.5. The van der Waals surface area contributed by atoms with Gasteiger partial charge in [-0.2, -0.15) is 0 Å². The number of fused-ring (bicyclic) bond motifs is 2. The number of cyclic esters (lactones) is 1. The van der Waals surface area contributed by atoms with Crippen molar-refractivity contribution in [2.24, 2.45) is 11.8 Å². The van der Waals surface area contributed by atoms with Crippen LogP contribution in [0.1, 0.15) is 36.1 Å². The Balaban J connectivity index is 1.39. The molecular formula is C41H42BrN3O9. The molecule has 2 saturated heterocycles. The second-order valence-electron chi connectivity index (χ2n) is 13.7. The molecule has 3 amide bonds. The van der Waals surface area contributed by atoms with E-state index in [-0.39, 0.29) is 25.5 Å². The molecule has 5 bridgehead atoms. The molecule has 4 aliphatic rings. The number of aliphatic hydroxyl groups is 1. The van der Waals surface area contributed by atoms with E-state index in [1.54, 1.807) is 97.0 Å². The number of esters is 1. The molecular weight excluding hydrogens is 758 g/mol. The minimum atomic E-state index is -1.60. The van der Waals surface area contributed by atoms with Crippen LogP contribution in [-0.2, 0) is 33.4 Å². The molecule has 0 aliphatic carbocycles. The van der Waals surface area contributed by atoms with E-state index in [2.05, 4.69) is 21.2 Å². The Bertz CT molecular complexity index is 1920. The summed E-state index contributed by atoms with van der Waals surface area (Å²) in [6, 6.07) is 22.0. The molecule has 3 aromatic carbocycles. The molecule has 2 fully saturated rings. The molecule has 54 heavy (non-hydrogen) atoms. The van der Waals surface area contributed by atoms with E-state index in [9.17, 15) is 14.7 Å². The van der Waals surface area contributed by atoms with Gasteiger partial charge in [-0.25, -0.2) is 0 Å². The summed E-state index contributed by atoms with van der Waals surface area (Å²) in [4.78, 5) is 61.4. The maximum absolute atomic E-state index is 15.3. The fourth-order valence-corrected chi connectivity index (χ4v) is 8.94. The number of likely N-dealkylation sites (tertiary alicyclic amines) is 1. The summed E-state index contributed by atoms with van der Waals surface area (Å²) in [6.07, 6.45) is 3.91. The number of hydrogen-bond acceptors (Lipinski definition) is 9. The van der Waals surface area contributed by atoms with Crippen LogP contribution in [0.4, 0.5) is 5.69 Å². The number of anilines is 1. The summed E-state index contributed by atoms with van der Waals surface area (Å²) < 4.78 is 24.5. The number of halogens is 1. The summed E-state index contributed by atoms with van der Waals surface area (Å²) in [5, 5.41) is 14.0. The van der Waals surface area contributed by atoms with E-state index >= 15 is 9.59 Å². The molecule has 0 saturated carbocycles. The van der Waals surface area contributed by atoms with Crippen LogP contribution in [0, 0.1) is 11.8 Å². The maximum atomic E-state index is 15.3. The predicted octanol–water partition coefficient (Wildman–Crippen LogP) is 4.40. The third-order valence-corrected chi connectivity index (χ3v) is 11.3. The monoisotopic (exact) mass is 799 g/mol. The van der Waals surface area contributed by atoms with Crippen molar-refractivity contribution in [3.63, 3.8) is 0 Å². The van der Waals surface area contributed by atoms with Gasteiger partial charge in [0, 0.05) is 30.2 Å². The molecule has 12 nitrogen and oxygen atoms in total. The van der Waals surface area contributed by atoms with Gasteiger partial charge in [-0.1, -0.05) is 88.7 Å². The lowest BCUT2D eigenvalue weighted by Crippen LogP contribution is -2.57. The summed E-state index contributed by atoms with van der Waals surface area (Å²) in [5.74, 6) is -3.79. The Hall–Kier alpha value is -4.82. The molecule has 2 N–H and O–H groups in total. The van der Waals surface area contributed by atoms with E-state index in [0.29, 0.717) is 33.5 Å². The molecule has 4 heterocycles. The normalized spacial score (nSPS) is 29.7. The fraction of sp³-hybridized carbons (Fsp3) is 0.366. The lowest BCUT2D eigenvalue weighted by molar-refractivity contribution is -0.162. The van der Waals surface area contributed by atoms with Crippen LogP contribution in [0.3, 0.4) is 0 Å². The van der Waals surface area contributed by atoms with Gasteiger partial charge in [0.2, 0.25) is 11.8 Å². The molecule has 4 aliphatic heterocycles.